The average Bonchev–Trinajstić information content (AvgIpc) is 2.30. The number of nitrogens with zero attached hydrogens (tertiary/aromatic N) is 1. The normalized spacial score (nSPS) is 22.9. The number of amides is 3. The highest BCUT2D eigenvalue weighted by atomic mass is 16.2. The van der Waals surface area contributed by atoms with Crippen LogP contribution < -0.4 is 5.32 Å². The summed E-state index contributed by atoms with van der Waals surface area (Å²) in [7, 11) is 0. The topological polar surface area (TPSA) is 49.4 Å². The van der Waals surface area contributed by atoms with Crippen molar-refractivity contribution < 1.29 is 9.59 Å². The van der Waals surface area contributed by atoms with E-state index in [1.54, 1.807) is 0 Å². The number of carbonyl (C=O) groups is 2. The van der Waals surface area contributed by atoms with Crippen LogP contribution in [0.2, 0.25) is 0 Å². The summed E-state index contributed by atoms with van der Waals surface area (Å²) in [6.45, 7) is 0.670. The number of hydrogen-bond donors (Lipinski definition) is 1. The van der Waals surface area contributed by atoms with Crippen molar-refractivity contribution in [1.82, 2.24) is 10.2 Å². The summed E-state index contributed by atoms with van der Waals surface area (Å²) < 4.78 is 0. The maximum absolute atomic E-state index is 11.0. The van der Waals surface area contributed by atoms with Gasteiger partial charge in [-0.1, -0.05) is 6.08 Å². The molecule has 0 aromatic carbocycles. The zero-order valence-electron chi connectivity index (χ0n) is 5.96. The molecule has 0 unspecified atom stereocenters. The highest BCUT2D eigenvalue weighted by Crippen LogP contribution is 2.18. The van der Waals surface area contributed by atoms with Gasteiger partial charge < -0.3 is 0 Å². The fourth-order valence-electron chi connectivity index (χ4n) is 1.37. The zero-order chi connectivity index (χ0) is 7.84. The number of carbonyl (C=O) groups excluding carboxylic acids is 2. The molecule has 0 radical (unpaired) electrons. The van der Waals surface area contributed by atoms with E-state index in [1.165, 1.54) is 4.90 Å². The Morgan fingerprint density at radius 2 is 2.27 bits per heavy atom. The number of fused-ring (bicyclic) bond motifs is 1. The number of hydrogen-bond acceptors (Lipinski definition) is 2. The highest BCUT2D eigenvalue weighted by molar-refractivity contribution is 6.11. The van der Waals surface area contributed by atoms with Crippen molar-refractivity contribution in [3.05, 3.63) is 11.8 Å². The van der Waals surface area contributed by atoms with Crippen LogP contribution in [0, 0.1) is 0 Å². The minimum atomic E-state index is -0.277. The van der Waals surface area contributed by atoms with Crippen molar-refractivity contribution in [3.63, 3.8) is 0 Å². The first-order valence-electron chi connectivity index (χ1n) is 3.62. The largest absolute Gasteiger partial charge is 0.328 e. The molecule has 2 aliphatic heterocycles. The van der Waals surface area contributed by atoms with Gasteiger partial charge in [-0.15, -0.1) is 0 Å². The van der Waals surface area contributed by atoms with Gasteiger partial charge in [0.1, 0.15) is 5.70 Å². The molecule has 11 heavy (non-hydrogen) atoms. The van der Waals surface area contributed by atoms with Gasteiger partial charge in [-0.25, -0.2) is 4.79 Å². The van der Waals surface area contributed by atoms with Gasteiger partial charge in [0.15, 0.2) is 0 Å². The monoisotopic (exact) mass is 152 g/mol. The summed E-state index contributed by atoms with van der Waals surface area (Å²) in [5.41, 5.74) is 0.529. The number of rotatable bonds is 0. The number of allylic oxidation sites excluding steroid dienone is 1. The Bertz CT molecular complexity index is 257. The van der Waals surface area contributed by atoms with Crippen molar-refractivity contribution in [1.29, 1.82) is 0 Å². The molecule has 0 spiro atoms. The van der Waals surface area contributed by atoms with Crippen molar-refractivity contribution in [2.24, 2.45) is 0 Å². The molecule has 4 nitrogen and oxygen atoms in total. The molecule has 0 atom stereocenters. The fourth-order valence-corrected chi connectivity index (χ4v) is 1.37. The average molecular weight is 152 g/mol. The van der Waals surface area contributed by atoms with Crippen LogP contribution in [-0.4, -0.2) is 23.4 Å². The van der Waals surface area contributed by atoms with E-state index in [4.69, 9.17) is 0 Å². The predicted molar refractivity (Wildman–Crippen MR) is 37.6 cm³/mol. The zero-order valence-corrected chi connectivity index (χ0v) is 5.96. The molecule has 1 saturated heterocycles. The summed E-state index contributed by atoms with van der Waals surface area (Å²) in [6.07, 6.45) is 3.65. The van der Waals surface area contributed by atoms with Crippen LogP contribution in [0.5, 0.6) is 0 Å². The molecule has 1 N–H and O–H groups in total. The van der Waals surface area contributed by atoms with Crippen molar-refractivity contribution in [3.8, 4) is 0 Å². The maximum atomic E-state index is 11.0. The molecule has 2 rings (SSSR count). The van der Waals surface area contributed by atoms with Crippen LogP contribution >= 0.6 is 0 Å². The molecule has 2 heterocycles. The van der Waals surface area contributed by atoms with Crippen LogP contribution in [0.3, 0.4) is 0 Å². The first kappa shape index (κ1) is 6.39. The van der Waals surface area contributed by atoms with Gasteiger partial charge in [0.25, 0.3) is 5.91 Å². The third-order valence-electron chi connectivity index (χ3n) is 1.91. The second-order valence-corrected chi connectivity index (χ2v) is 2.64. The van der Waals surface area contributed by atoms with E-state index >= 15 is 0 Å². The SMILES string of the molecule is O=C1NC(=O)N2CCCC=C12. The lowest BCUT2D eigenvalue weighted by Crippen LogP contribution is -2.29. The minimum Gasteiger partial charge on any atom is -0.289 e. The van der Waals surface area contributed by atoms with E-state index in [0.29, 0.717) is 12.2 Å². The molecule has 0 aromatic heterocycles. The molecular weight excluding hydrogens is 144 g/mol. The molecule has 58 valence electrons. The Hall–Kier alpha value is -1.32. The Morgan fingerprint density at radius 1 is 1.45 bits per heavy atom. The molecule has 2 aliphatic rings. The molecule has 3 amide bonds. The van der Waals surface area contributed by atoms with Crippen molar-refractivity contribution >= 4 is 11.9 Å². The first-order chi connectivity index (χ1) is 5.29. The molecule has 0 bridgehead atoms. The second-order valence-electron chi connectivity index (χ2n) is 2.64. The molecule has 0 aliphatic carbocycles. The molecular formula is C7H8N2O2. The quantitative estimate of drug-likeness (QED) is 0.504. The molecule has 0 aromatic rings. The lowest BCUT2D eigenvalue weighted by atomic mass is 10.2. The summed E-state index contributed by atoms with van der Waals surface area (Å²) in [6, 6.07) is -0.277. The molecule has 4 heteroatoms. The first-order valence-corrected chi connectivity index (χ1v) is 3.62. The summed E-state index contributed by atoms with van der Waals surface area (Å²) in [5.74, 6) is -0.255. The van der Waals surface area contributed by atoms with Gasteiger partial charge in [-0.3, -0.25) is 15.0 Å². The Balaban J connectivity index is 2.36. The van der Waals surface area contributed by atoms with Crippen LogP contribution in [0.15, 0.2) is 11.8 Å². The summed E-state index contributed by atoms with van der Waals surface area (Å²) in [4.78, 5) is 23.4. The Labute approximate surface area is 63.9 Å². The van der Waals surface area contributed by atoms with Crippen LogP contribution in [0.25, 0.3) is 0 Å². The van der Waals surface area contributed by atoms with E-state index in [9.17, 15) is 9.59 Å². The number of nitrogens with one attached hydrogen (secondary N) is 1. The minimum absolute atomic E-state index is 0.255. The summed E-state index contributed by atoms with van der Waals surface area (Å²) >= 11 is 0. The van der Waals surface area contributed by atoms with E-state index < -0.39 is 0 Å². The third kappa shape index (κ3) is 0.824. The number of imide groups is 1. The van der Waals surface area contributed by atoms with Crippen molar-refractivity contribution in [2.75, 3.05) is 6.54 Å². The van der Waals surface area contributed by atoms with Gasteiger partial charge >= 0.3 is 6.03 Å². The number of urea groups is 1. The Morgan fingerprint density at radius 3 is 3.00 bits per heavy atom. The van der Waals surface area contributed by atoms with E-state index in [-0.39, 0.29) is 11.9 Å². The van der Waals surface area contributed by atoms with Gasteiger partial charge in [-0.2, -0.15) is 0 Å². The van der Waals surface area contributed by atoms with Gasteiger partial charge in [0, 0.05) is 6.54 Å². The highest BCUT2D eigenvalue weighted by Gasteiger charge is 2.33. The second kappa shape index (κ2) is 2.08. The Kier molecular flexibility index (Phi) is 1.21. The van der Waals surface area contributed by atoms with E-state index in [2.05, 4.69) is 5.32 Å². The predicted octanol–water partition coefficient (Wildman–Crippen LogP) is 0.216. The third-order valence-corrected chi connectivity index (χ3v) is 1.91. The van der Waals surface area contributed by atoms with Crippen LogP contribution in [0.4, 0.5) is 4.79 Å². The lowest BCUT2D eigenvalue weighted by molar-refractivity contribution is -0.116. The smallest absolute Gasteiger partial charge is 0.289 e. The van der Waals surface area contributed by atoms with Gasteiger partial charge in [0.2, 0.25) is 0 Å². The van der Waals surface area contributed by atoms with Gasteiger partial charge in [0.05, 0.1) is 0 Å². The van der Waals surface area contributed by atoms with Gasteiger partial charge in [-0.05, 0) is 12.8 Å². The van der Waals surface area contributed by atoms with E-state index in [0.717, 1.165) is 12.8 Å². The van der Waals surface area contributed by atoms with Crippen LogP contribution in [0.1, 0.15) is 12.8 Å². The van der Waals surface area contributed by atoms with E-state index in [1.807, 2.05) is 6.08 Å². The molecule has 1 fully saturated rings. The molecule has 0 saturated carbocycles. The fraction of sp³-hybridized carbons (Fsp3) is 0.429. The standard InChI is InChI=1S/C7H8N2O2/c10-6-5-3-1-2-4-9(5)7(11)8-6/h3H,1-2,4H2,(H,8,10,11). The maximum Gasteiger partial charge on any atom is 0.328 e. The van der Waals surface area contributed by atoms with Crippen LogP contribution in [-0.2, 0) is 4.79 Å². The van der Waals surface area contributed by atoms with Crippen molar-refractivity contribution in [2.45, 2.75) is 12.8 Å². The lowest BCUT2D eigenvalue weighted by Gasteiger charge is -2.18. The summed E-state index contributed by atoms with van der Waals surface area (Å²) in [5, 5.41) is 2.24.